The summed E-state index contributed by atoms with van der Waals surface area (Å²) >= 11 is 0. The molecule has 0 N–H and O–H groups in total. The molecule has 128 valence electrons. The molecule has 5 nitrogen and oxygen atoms in total. The molecule has 0 radical (unpaired) electrons. The van der Waals surface area contributed by atoms with Crippen LogP contribution >= 0.6 is 0 Å². The maximum absolute atomic E-state index is 12.6. The maximum atomic E-state index is 12.6. The van der Waals surface area contributed by atoms with E-state index in [4.69, 9.17) is 4.74 Å². The minimum absolute atomic E-state index is 0.123. The summed E-state index contributed by atoms with van der Waals surface area (Å²) < 4.78 is 5.56. The van der Waals surface area contributed by atoms with Gasteiger partial charge in [-0.3, -0.25) is 9.69 Å². The van der Waals surface area contributed by atoms with Crippen molar-refractivity contribution >= 4 is 5.91 Å². The van der Waals surface area contributed by atoms with Gasteiger partial charge in [-0.05, 0) is 31.4 Å². The van der Waals surface area contributed by atoms with Gasteiger partial charge >= 0.3 is 0 Å². The normalized spacial score (nSPS) is 21.5. The molecule has 2 aliphatic rings. The van der Waals surface area contributed by atoms with Gasteiger partial charge in [0.25, 0.3) is 0 Å². The van der Waals surface area contributed by atoms with E-state index in [-0.39, 0.29) is 11.4 Å². The van der Waals surface area contributed by atoms with Crippen LogP contribution in [0, 0.1) is 11.3 Å². The average molecular weight is 327 g/mol. The fourth-order valence-electron chi connectivity index (χ4n) is 4.07. The molecule has 0 atom stereocenters. The van der Waals surface area contributed by atoms with Crippen molar-refractivity contribution in [1.29, 1.82) is 5.26 Å². The summed E-state index contributed by atoms with van der Waals surface area (Å²) in [6.45, 7) is 6.57. The van der Waals surface area contributed by atoms with Crippen molar-refractivity contribution in [1.82, 2.24) is 9.80 Å². The minimum Gasteiger partial charge on any atom is -0.381 e. The zero-order chi connectivity index (χ0) is 17.0. The molecule has 0 aromatic heterocycles. The van der Waals surface area contributed by atoms with E-state index in [1.54, 1.807) is 0 Å². The second-order valence-electron chi connectivity index (χ2n) is 6.70. The lowest BCUT2D eigenvalue weighted by Crippen LogP contribution is -2.58. The molecule has 1 aromatic rings. The third-order valence-electron chi connectivity index (χ3n) is 5.30. The van der Waals surface area contributed by atoms with E-state index in [9.17, 15) is 10.1 Å². The largest absolute Gasteiger partial charge is 0.381 e. The Morgan fingerprint density at radius 3 is 2.75 bits per heavy atom. The molecule has 1 aromatic carbocycles. The number of hydrogen-bond acceptors (Lipinski definition) is 4. The Hall–Kier alpha value is -1.90. The average Bonchev–Trinajstić information content (AvgIpc) is 2.73. The summed E-state index contributed by atoms with van der Waals surface area (Å²) in [7, 11) is 0. The third-order valence-corrected chi connectivity index (χ3v) is 5.30. The predicted octanol–water partition coefficient (Wildman–Crippen LogP) is 2.16. The Bertz CT molecular complexity index is 632. The Labute approximate surface area is 143 Å². The van der Waals surface area contributed by atoms with Gasteiger partial charge in [0.2, 0.25) is 5.91 Å². The quantitative estimate of drug-likeness (QED) is 0.854. The van der Waals surface area contributed by atoms with E-state index >= 15 is 0 Å². The van der Waals surface area contributed by atoms with E-state index in [1.807, 2.05) is 24.3 Å². The molecule has 0 unspecified atom stereocenters. The molecule has 1 spiro atoms. The lowest BCUT2D eigenvalue weighted by molar-refractivity contribution is -0.140. The summed E-state index contributed by atoms with van der Waals surface area (Å²) in [4.78, 5) is 17.1. The van der Waals surface area contributed by atoms with Crippen LogP contribution in [0.2, 0.25) is 0 Å². The molecule has 0 bridgehead atoms. The fraction of sp³-hybridized carbons (Fsp3) is 0.579. The van der Waals surface area contributed by atoms with Crippen LogP contribution in [0.4, 0.5) is 0 Å². The van der Waals surface area contributed by atoms with Gasteiger partial charge in [-0.1, -0.05) is 18.2 Å². The van der Waals surface area contributed by atoms with E-state index in [1.165, 1.54) is 0 Å². The molecule has 2 heterocycles. The molecule has 0 aliphatic carbocycles. The standard InChI is InChI=1S/C19H25N3O2/c1-2-22-18(23)7-10-21(15-19(22)8-11-24-12-9-19)14-17-6-4-3-5-16(17)13-20/h3-6H,2,7-12,14-15H2,1H3. The first-order valence-corrected chi connectivity index (χ1v) is 8.77. The van der Waals surface area contributed by atoms with Crippen molar-refractivity contribution in [2.75, 3.05) is 32.8 Å². The summed E-state index contributed by atoms with van der Waals surface area (Å²) in [5.41, 5.74) is 1.64. The van der Waals surface area contributed by atoms with Crippen LogP contribution in [0.5, 0.6) is 0 Å². The molecule has 2 fully saturated rings. The van der Waals surface area contributed by atoms with E-state index < -0.39 is 0 Å². The lowest BCUT2D eigenvalue weighted by Gasteiger charge is -2.46. The lowest BCUT2D eigenvalue weighted by atomic mass is 9.87. The number of rotatable bonds is 3. The molecule has 2 saturated heterocycles. The SMILES string of the molecule is CCN1C(=O)CCN(Cc2ccccc2C#N)CC12CCOCC2. The van der Waals surface area contributed by atoms with Crippen LogP contribution in [0.25, 0.3) is 0 Å². The van der Waals surface area contributed by atoms with Gasteiger partial charge in [0.05, 0.1) is 17.2 Å². The highest BCUT2D eigenvalue weighted by Crippen LogP contribution is 2.32. The zero-order valence-corrected chi connectivity index (χ0v) is 14.3. The monoisotopic (exact) mass is 327 g/mol. The van der Waals surface area contributed by atoms with E-state index in [0.29, 0.717) is 19.6 Å². The first kappa shape index (κ1) is 16.9. The predicted molar refractivity (Wildman–Crippen MR) is 91.2 cm³/mol. The van der Waals surface area contributed by atoms with Crippen LogP contribution in [0.1, 0.15) is 37.3 Å². The molecule has 0 saturated carbocycles. The van der Waals surface area contributed by atoms with Gasteiger partial charge in [0.15, 0.2) is 0 Å². The summed E-state index contributed by atoms with van der Waals surface area (Å²) in [6.07, 6.45) is 2.33. The van der Waals surface area contributed by atoms with Crippen molar-refractivity contribution in [3.05, 3.63) is 35.4 Å². The third kappa shape index (κ3) is 3.31. The maximum Gasteiger partial charge on any atom is 0.224 e. The molecular weight excluding hydrogens is 302 g/mol. The number of carbonyl (C=O) groups excluding carboxylic acids is 1. The minimum atomic E-state index is -0.123. The van der Waals surface area contributed by atoms with Crippen LogP contribution in [-0.4, -0.2) is 54.1 Å². The van der Waals surface area contributed by atoms with Crippen molar-refractivity contribution in [3.63, 3.8) is 0 Å². The summed E-state index contributed by atoms with van der Waals surface area (Å²) in [6, 6.07) is 10.0. The topological polar surface area (TPSA) is 56.6 Å². The number of amides is 1. The molecule has 5 heteroatoms. The van der Waals surface area contributed by atoms with Gasteiger partial charge in [-0.2, -0.15) is 5.26 Å². The number of hydrogen-bond donors (Lipinski definition) is 0. The van der Waals surface area contributed by atoms with Crippen LogP contribution in [0.15, 0.2) is 24.3 Å². The number of carbonyl (C=O) groups is 1. The molecular formula is C19H25N3O2. The fourth-order valence-corrected chi connectivity index (χ4v) is 4.07. The van der Waals surface area contributed by atoms with Gasteiger partial charge < -0.3 is 9.64 Å². The van der Waals surface area contributed by atoms with Crippen LogP contribution < -0.4 is 0 Å². The Balaban J connectivity index is 1.84. The van der Waals surface area contributed by atoms with Crippen LogP contribution in [0.3, 0.4) is 0 Å². The van der Waals surface area contributed by atoms with Crippen molar-refractivity contribution in [3.8, 4) is 6.07 Å². The first-order valence-electron chi connectivity index (χ1n) is 8.77. The van der Waals surface area contributed by atoms with Gasteiger partial charge in [0.1, 0.15) is 0 Å². The number of nitrogens with zero attached hydrogens (tertiary/aromatic N) is 3. The Kier molecular flexibility index (Phi) is 5.17. The number of ether oxygens (including phenoxy) is 1. The van der Waals surface area contributed by atoms with Crippen molar-refractivity contribution < 1.29 is 9.53 Å². The van der Waals surface area contributed by atoms with Crippen molar-refractivity contribution in [2.24, 2.45) is 0 Å². The highest BCUT2D eigenvalue weighted by molar-refractivity contribution is 5.77. The molecule has 24 heavy (non-hydrogen) atoms. The second-order valence-corrected chi connectivity index (χ2v) is 6.70. The highest BCUT2D eigenvalue weighted by Gasteiger charge is 2.43. The summed E-state index contributed by atoms with van der Waals surface area (Å²) in [5, 5.41) is 9.32. The number of likely N-dealkylation sites (N-methyl/N-ethyl adjacent to an activating group) is 1. The molecule has 1 amide bonds. The van der Waals surface area contributed by atoms with Crippen LogP contribution in [-0.2, 0) is 16.1 Å². The number of nitriles is 1. The summed E-state index contributed by atoms with van der Waals surface area (Å²) in [5.74, 6) is 0.246. The van der Waals surface area contributed by atoms with Gasteiger partial charge in [0, 0.05) is 45.8 Å². The van der Waals surface area contributed by atoms with E-state index in [0.717, 1.165) is 50.1 Å². The Morgan fingerprint density at radius 1 is 1.29 bits per heavy atom. The first-order chi connectivity index (χ1) is 11.7. The Morgan fingerprint density at radius 2 is 2.04 bits per heavy atom. The second kappa shape index (κ2) is 7.33. The smallest absolute Gasteiger partial charge is 0.224 e. The highest BCUT2D eigenvalue weighted by atomic mass is 16.5. The zero-order valence-electron chi connectivity index (χ0n) is 14.3. The van der Waals surface area contributed by atoms with Crippen molar-refractivity contribution in [2.45, 2.75) is 38.3 Å². The number of benzene rings is 1. The van der Waals surface area contributed by atoms with E-state index in [2.05, 4.69) is 22.8 Å². The molecule has 2 aliphatic heterocycles. The molecule has 3 rings (SSSR count). The van der Waals surface area contributed by atoms with Gasteiger partial charge in [-0.15, -0.1) is 0 Å². The van der Waals surface area contributed by atoms with Gasteiger partial charge in [-0.25, -0.2) is 0 Å².